The van der Waals surface area contributed by atoms with E-state index in [1.807, 2.05) is 0 Å². The van der Waals surface area contributed by atoms with E-state index < -0.39 is 0 Å². The van der Waals surface area contributed by atoms with Crippen LogP contribution < -0.4 is 5.32 Å². The molecule has 0 atom stereocenters. The Morgan fingerprint density at radius 2 is 2.23 bits per heavy atom. The predicted octanol–water partition coefficient (Wildman–Crippen LogP) is 2.74. The lowest BCUT2D eigenvalue weighted by Crippen LogP contribution is -2.15. The van der Waals surface area contributed by atoms with Crippen molar-refractivity contribution in [1.29, 1.82) is 0 Å². The van der Waals surface area contributed by atoms with Gasteiger partial charge >= 0.3 is 0 Å². The molecule has 74 valence electrons. The SMILES string of the molecule is C#CCCC(C)=CCCNCCC. The monoisotopic (exact) mass is 179 g/mol. The molecule has 0 aromatic heterocycles. The quantitative estimate of drug-likeness (QED) is 0.360. The number of terminal acetylenes is 1. The molecule has 0 aliphatic heterocycles. The molecule has 0 aromatic carbocycles. The Balaban J connectivity index is 3.32. The second kappa shape index (κ2) is 9.35. The van der Waals surface area contributed by atoms with E-state index in [1.165, 1.54) is 12.0 Å². The summed E-state index contributed by atoms with van der Waals surface area (Å²) in [4.78, 5) is 0. The smallest absolute Gasteiger partial charge is 0.0123 e. The number of rotatable bonds is 7. The first-order valence-electron chi connectivity index (χ1n) is 5.11. The van der Waals surface area contributed by atoms with Crippen LogP contribution in [0.2, 0.25) is 0 Å². The normalized spacial score (nSPS) is 11.3. The Bertz CT molecular complexity index is 174. The minimum absolute atomic E-state index is 0.866. The summed E-state index contributed by atoms with van der Waals surface area (Å²) in [7, 11) is 0. The molecule has 0 unspecified atom stereocenters. The molecule has 0 spiro atoms. The lowest BCUT2D eigenvalue weighted by molar-refractivity contribution is 0.676. The Hall–Kier alpha value is -0.740. The van der Waals surface area contributed by atoms with Gasteiger partial charge in [-0.25, -0.2) is 0 Å². The average molecular weight is 179 g/mol. The molecule has 0 bridgehead atoms. The van der Waals surface area contributed by atoms with E-state index in [9.17, 15) is 0 Å². The van der Waals surface area contributed by atoms with Gasteiger partial charge in [0.15, 0.2) is 0 Å². The van der Waals surface area contributed by atoms with Crippen molar-refractivity contribution >= 4 is 0 Å². The maximum absolute atomic E-state index is 5.18. The van der Waals surface area contributed by atoms with E-state index in [0.29, 0.717) is 0 Å². The minimum Gasteiger partial charge on any atom is -0.316 e. The van der Waals surface area contributed by atoms with Gasteiger partial charge in [-0.15, -0.1) is 12.3 Å². The van der Waals surface area contributed by atoms with Gasteiger partial charge in [0.1, 0.15) is 0 Å². The fraction of sp³-hybridized carbons (Fsp3) is 0.667. The fourth-order valence-corrected chi connectivity index (χ4v) is 1.09. The molecule has 1 N–H and O–H groups in total. The highest BCUT2D eigenvalue weighted by molar-refractivity contribution is 5.01. The van der Waals surface area contributed by atoms with Gasteiger partial charge in [0.25, 0.3) is 0 Å². The summed E-state index contributed by atoms with van der Waals surface area (Å²) in [6, 6.07) is 0. The molecular formula is C12H21N. The Morgan fingerprint density at radius 3 is 2.85 bits per heavy atom. The molecule has 0 heterocycles. The van der Waals surface area contributed by atoms with Crippen LogP contribution in [0.5, 0.6) is 0 Å². The van der Waals surface area contributed by atoms with Gasteiger partial charge in [-0.2, -0.15) is 0 Å². The zero-order valence-electron chi connectivity index (χ0n) is 8.90. The topological polar surface area (TPSA) is 12.0 Å². The molecule has 0 fully saturated rings. The Morgan fingerprint density at radius 1 is 1.46 bits per heavy atom. The third-order valence-electron chi connectivity index (χ3n) is 1.90. The van der Waals surface area contributed by atoms with Gasteiger partial charge in [0.2, 0.25) is 0 Å². The van der Waals surface area contributed by atoms with Crippen LogP contribution in [0.3, 0.4) is 0 Å². The third kappa shape index (κ3) is 9.17. The third-order valence-corrected chi connectivity index (χ3v) is 1.90. The lowest BCUT2D eigenvalue weighted by Gasteiger charge is -2.00. The first-order valence-corrected chi connectivity index (χ1v) is 5.11. The Kier molecular flexibility index (Phi) is 8.82. The second-order valence-electron chi connectivity index (χ2n) is 3.29. The van der Waals surface area contributed by atoms with Crippen LogP contribution in [0.25, 0.3) is 0 Å². The predicted molar refractivity (Wildman–Crippen MR) is 59.6 cm³/mol. The van der Waals surface area contributed by atoms with Crippen molar-refractivity contribution in [2.24, 2.45) is 0 Å². The van der Waals surface area contributed by atoms with Crippen molar-refractivity contribution in [3.8, 4) is 12.3 Å². The molecule has 0 saturated carbocycles. The standard InChI is InChI=1S/C12H21N/c1-4-6-8-12(3)9-7-11-13-10-5-2/h1,9,13H,5-8,10-11H2,2-3H3. The van der Waals surface area contributed by atoms with Crippen molar-refractivity contribution in [2.75, 3.05) is 13.1 Å². The molecule has 0 aliphatic rings. The summed E-state index contributed by atoms with van der Waals surface area (Å²) < 4.78 is 0. The summed E-state index contributed by atoms with van der Waals surface area (Å²) in [5.41, 5.74) is 1.41. The summed E-state index contributed by atoms with van der Waals surface area (Å²) in [5.74, 6) is 2.65. The molecule has 0 aromatic rings. The van der Waals surface area contributed by atoms with Crippen LogP contribution in [0, 0.1) is 12.3 Å². The molecule has 0 saturated heterocycles. The highest BCUT2D eigenvalue weighted by Gasteiger charge is 1.88. The maximum Gasteiger partial charge on any atom is 0.0123 e. The zero-order chi connectivity index (χ0) is 9.94. The van der Waals surface area contributed by atoms with Crippen molar-refractivity contribution < 1.29 is 0 Å². The van der Waals surface area contributed by atoms with Crippen molar-refractivity contribution in [2.45, 2.75) is 39.5 Å². The van der Waals surface area contributed by atoms with Crippen LogP contribution >= 0.6 is 0 Å². The second-order valence-corrected chi connectivity index (χ2v) is 3.29. The van der Waals surface area contributed by atoms with E-state index in [1.54, 1.807) is 0 Å². The maximum atomic E-state index is 5.18. The molecule has 1 heteroatoms. The number of hydrogen-bond donors (Lipinski definition) is 1. The molecule has 13 heavy (non-hydrogen) atoms. The molecule has 0 aliphatic carbocycles. The van der Waals surface area contributed by atoms with Crippen LogP contribution in [0.1, 0.15) is 39.5 Å². The summed E-state index contributed by atoms with van der Waals surface area (Å²) in [6.45, 7) is 6.54. The van der Waals surface area contributed by atoms with E-state index in [2.05, 4.69) is 31.2 Å². The van der Waals surface area contributed by atoms with Gasteiger partial charge in [0, 0.05) is 6.42 Å². The summed E-state index contributed by atoms with van der Waals surface area (Å²) in [5, 5.41) is 3.36. The van der Waals surface area contributed by atoms with Gasteiger partial charge in [-0.05, 0) is 39.3 Å². The average Bonchev–Trinajstić information content (AvgIpc) is 2.14. The van der Waals surface area contributed by atoms with Gasteiger partial charge in [0.05, 0.1) is 0 Å². The fourth-order valence-electron chi connectivity index (χ4n) is 1.09. The number of hydrogen-bond acceptors (Lipinski definition) is 1. The highest BCUT2D eigenvalue weighted by Crippen LogP contribution is 2.03. The van der Waals surface area contributed by atoms with Crippen molar-refractivity contribution in [3.05, 3.63) is 11.6 Å². The molecule has 0 radical (unpaired) electrons. The molecule has 0 rings (SSSR count). The van der Waals surface area contributed by atoms with Gasteiger partial charge < -0.3 is 5.32 Å². The van der Waals surface area contributed by atoms with E-state index in [-0.39, 0.29) is 0 Å². The highest BCUT2D eigenvalue weighted by atomic mass is 14.8. The first kappa shape index (κ1) is 12.3. The van der Waals surface area contributed by atoms with Gasteiger partial charge in [-0.1, -0.05) is 18.6 Å². The van der Waals surface area contributed by atoms with E-state index in [4.69, 9.17) is 6.42 Å². The Labute approximate surface area is 82.6 Å². The first-order chi connectivity index (χ1) is 6.31. The molecule has 1 nitrogen and oxygen atoms in total. The van der Waals surface area contributed by atoms with E-state index in [0.717, 1.165) is 32.4 Å². The van der Waals surface area contributed by atoms with Gasteiger partial charge in [-0.3, -0.25) is 0 Å². The van der Waals surface area contributed by atoms with Crippen LogP contribution in [-0.2, 0) is 0 Å². The van der Waals surface area contributed by atoms with Crippen LogP contribution in [-0.4, -0.2) is 13.1 Å². The van der Waals surface area contributed by atoms with Crippen LogP contribution in [0.4, 0.5) is 0 Å². The summed E-state index contributed by atoms with van der Waals surface area (Å²) in [6.07, 6.45) is 11.7. The lowest BCUT2D eigenvalue weighted by atomic mass is 10.1. The van der Waals surface area contributed by atoms with E-state index >= 15 is 0 Å². The summed E-state index contributed by atoms with van der Waals surface area (Å²) >= 11 is 0. The minimum atomic E-state index is 0.866. The molecular weight excluding hydrogens is 158 g/mol. The number of allylic oxidation sites excluding steroid dienone is 1. The largest absolute Gasteiger partial charge is 0.316 e. The zero-order valence-corrected chi connectivity index (χ0v) is 8.90. The molecule has 0 amide bonds. The number of nitrogens with one attached hydrogen (secondary N) is 1. The van der Waals surface area contributed by atoms with Crippen LogP contribution in [0.15, 0.2) is 11.6 Å². The van der Waals surface area contributed by atoms with Crippen molar-refractivity contribution in [1.82, 2.24) is 5.32 Å². The van der Waals surface area contributed by atoms with Crippen molar-refractivity contribution in [3.63, 3.8) is 0 Å².